The van der Waals surface area contributed by atoms with Crippen molar-refractivity contribution < 1.29 is 14.6 Å². The number of nitrogens with zero attached hydrogens (tertiary/aromatic N) is 5. The number of aliphatic hydroxyl groups excluding tert-OH is 1. The zero-order chi connectivity index (χ0) is 21.8. The second kappa shape index (κ2) is 9.01. The number of fused-ring (bicyclic) bond motifs is 1. The topological polar surface area (TPSA) is 85.5 Å². The molecule has 8 nitrogen and oxygen atoms in total. The van der Waals surface area contributed by atoms with Gasteiger partial charge in [-0.1, -0.05) is 0 Å². The maximum atomic E-state index is 9.70. The van der Waals surface area contributed by atoms with Crippen LogP contribution < -0.4 is 14.4 Å². The molecule has 2 heterocycles. The average Bonchev–Trinajstić information content (AvgIpc) is 3.31. The van der Waals surface area contributed by atoms with E-state index >= 15 is 0 Å². The highest BCUT2D eigenvalue weighted by Crippen LogP contribution is 2.33. The molecule has 0 aliphatic rings. The molecule has 160 valence electrons. The molecule has 0 saturated heterocycles. The van der Waals surface area contributed by atoms with Crippen LogP contribution in [0.4, 0.5) is 11.4 Å². The molecule has 0 fully saturated rings. The average molecular weight is 419 g/mol. The fraction of sp³-hybridized carbons (Fsp3) is 0.261. The molecule has 8 heteroatoms. The summed E-state index contributed by atoms with van der Waals surface area (Å²) in [6, 6.07) is 11.5. The van der Waals surface area contributed by atoms with Crippen LogP contribution in [0.15, 0.2) is 55.0 Å². The summed E-state index contributed by atoms with van der Waals surface area (Å²) >= 11 is 0. The van der Waals surface area contributed by atoms with E-state index < -0.39 is 0 Å². The molecule has 2 aromatic heterocycles. The van der Waals surface area contributed by atoms with Crippen molar-refractivity contribution in [2.24, 2.45) is 0 Å². The molecule has 2 aromatic carbocycles. The minimum Gasteiger partial charge on any atom is -0.497 e. The molecule has 4 rings (SSSR count). The Balaban J connectivity index is 1.77. The summed E-state index contributed by atoms with van der Waals surface area (Å²) in [4.78, 5) is 11.4. The lowest BCUT2D eigenvalue weighted by atomic mass is 10.2. The van der Waals surface area contributed by atoms with Crippen LogP contribution in [0.1, 0.15) is 6.92 Å². The molecule has 1 N–H and O–H groups in total. The highest BCUT2D eigenvalue weighted by Gasteiger charge is 2.14. The van der Waals surface area contributed by atoms with Crippen molar-refractivity contribution in [2.75, 3.05) is 32.3 Å². The van der Waals surface area contributed by atoms with Crippen LogP contribution in [0, 0.1) is 0 Å². The molecule has 0 spiro atoms. The van der Waals surface area contributed by atoms with Crippen molar-refractivity contribution >= 4 is 22.4 Å². The normalized spacial score (nSPS) is 11.0. The third-order valence-corrected chi connectivity index (χ3v) is 5.06. The largest absolute Gasteiger partial charge is 0.497 e. The van der Waals surface area contributed by atoms with Gasteiger partial charge in [-0.2, -0.15) is 5.10 Å². The van der Waals surface area contributed by atoms with Crippen LogP contribution in [0.3, 0.4) is 0 Å². The van der Waals surface area contributed by atoms with Gasteiger partial charge in [0.15, 0.2) is 0 Å². The van der Waals surface area contributed by atoms with Crippen LogP contribution in [0.25, 0.3) is 22.3 Å². The van der Waals surface area contributed by atoms with E-state index in [9.17, 15) is 5.11 Å². The van der Waals surface area contributed by atoms with E-state index in [-0.39, 0.29) is 6.61 Å². The smallest absolute Gasteiger partial charge is 0.124 e. The van der Waals surface area contributed by atoms with Crippen LogP contribution in [0.5, 0.6) is 11.5 Å². The van der Waals surface area contributed by atoms with E-state index in [1.807, 2.05) is 59.1 Å². The number of hydrogen-bond acceptors (Lipinski definition) is 7. The Bertz CT molecular complexity index is 1170. The minimum atomic E-state index is -0.0144. The second-order valence-corrected chi connectivity index (χ2v) is 6.96. The first kappa shape index (κ1) is 20.6. The lowest BCUT2D eigenvalue weighted by molar-refractivity contribution is 0.305. The molecule has 0 saturated carbocycles. The Kier molecular flexibility index (Phi) is 5.99. The predicted octanol–water partition coefficient (Wildman–Crippen LogP) is 3.66. The van der Waals surface area contributed by atoms with Crippen LogP contribution >= 0.6 is 0 Å². The van der Waals surface area contributed by atoms with E-state index in [1.165, 1.54) is 0 Å². The van der Waals surface area contributed by atoms with Gasteiger partial charge in [0.1, 0.15) is 11.5 Å². The molecule has 0 radical (unpaired) electrons. The van der Waals surface area contributed by atoms with Gasteiger partial charge in [-0.15, -0.1) is 0 Å². The maximum absolute atomic E-state index is 9.70. The zero-order valence-electron chi connectivity index (χ0n) is 17.8. The molecular weight excluding hydrogens is 394 g/mol. The Morgan fingerprint density at radius 1 is 0.968 bits per heavy atom. The molecule has 0 bridgehead atoms. The summed E-state index contributed by atoms with van der Waals surface area (Å²) in [5.41, 5.74) is 4.97. The molecule has 0 amide bonds. The fourth-order valence-corrected chi connectivity index (χ4v) is 3.43. The highest BCUT2D eigenvalue weighted by molar-refractivity contribution is 5.82. The summed E-state index contributed by atoms with van der Waals surface area (Å²) in [5.74, 6) is 1.35. The quantitative estimate of drug-likeness (QED) is 0.466. The van der Waals surface area contributed by atoms with Gasteiger partial charge < -0.3 is 19.5 Å². The Hall–Kier alpha value is -3.65. The summed E-state index contributed by atoms with van der Waals surface area (Å²) in [6.45, 7) is 3.22. The summed E-state index contributed by atoms with van der Waals surface area (Å²) in [7, 11) is 3.23. The first-order valence-electron chi connectivity index (χ1n) is 10.1. The number of hydrogen-bond donors (Lipinski definition) is 1. The van der Waals surface area contributed by atoms with Crippen molar-refractivity contribution in [3.8, 4) is 22.8 Å². The molecule has 0 atom stereocenters. The molecule has 31 heavy (non-hydrogen) atoms. The number of aliphatic hydroxyl groups is 1. The summed E-state index contributed by atoms with van der Waals surface area (Å²) < 4.78 is 12.7. The van der Waals surface area contributed by atoms with E-state index in [4.69, 9.17) is 14.5 Å². The Morgan fingerprint density at radius 2 is 1.74 bits per heavy atom. The van der Waals surface area contributed by atoms with Crippen molar-refractivity contribution in [3.05, 3.63) is 55.0 Å². The van der Waals surface area contributed by atoms with E-state index in [2.05, 4.69) is 10.1 Å². The number of aromatic nitrogens is 4. The van der Waals surface area contributed by atoms with Gasteiger partial charge in [0.2, 0.25) is 0 Å². The highest BCUT2D eigenvalue weighted by atomic mass is 16.5. The van der Waals surface area contributed by atoms with Crippen LogP contribution in [0.2, 0.25) is 0 Å². The molecular formula is C23H25N5O3. The number of anilines is 2. The second-order valence-electron chi connectivity index (χ2n) is 6.96. The van der Waals surface area contributed by atoms with Gasteiger partial charge in [0.05, 0.1) is 49.9 Å². The van der Waals surface area contributed by atoms with Gasteiger partial charge >= 0.3 is 0 Å². The lowest BCUT2D eigenvalue weighted by Crippen LogP contribution is -2.21. The number of rotatable bonds is 8. The number of aryl methyl sites for hydroxylation is 1. The fourth-order valence-electron chi connectivity index (χ4n) is 3.43. The van der Waals surface area contributed by atoms with Gasteiger partial charge in [-0.05, 0) is 25.1 Å². The van der Waals surface area contributed by atoms with Gasteiger partial charge in [0.25, 0.3) is 0 Å². The number of ether oxygens (including phenoxy) is 2. The third-order valence-electron chi connectivity index (χ3n) is 5.06. The maximum Gasteiger partial charge on any atom is 0.124 e. The molecule has 0 unspecified atom stereocenters. The van der Waals surface area contributed by atoms with Gasteiger partial charge in [0, 0.05) is 54.4 Å². The number of methoxy groups -OCH3 is 2. The first-order chi connectivity index (χ1) is 15.1. The first-order valence-corrected chi connectivity index (χ1v) is 10.1. The predicted molar refractivity (Wildman–Crippen MR) is 120 cm³/mol. The minimum absolute atomic E-state index is 0.0144. The summed E-state index contributed by atoms with van der Waals surface area (Å²) in [6.07, 6.45) is 5.52. The van der Waals surface area contributed by atoms with Gasteiger partial charge in [-0.25, -0.2) is 4.98 Å². The summed E-state index contributed by atoms with van der Waals surface area (Å²) in [5, 5.41) is 14.0. The van der Waals surface area contributed by atoms with Crippen molar-refractivity contribution in [1.29, 1.82) is 0 Å². The van der Waals surface area contributed by atoms with Crippen molar-refractivity contribution in [2.45, 2.75) is 13.5 Å². The Morgan fingerprint density at radius 3 is 2.39 bits per heavy atom. The molecule has 0 aliphatic heterocycles. The zero-order valence-corrected chi connectivity index (χ0v) is 17.8. The number of benzene rings is 2. The van der Waals surface area contributed by atoms with Crippen LogP contribution in [-0.4, -0.2) is 52.2 Å². The Labute approximate surface area is 180 Å². The third kappa shape index (κ3) is 4.29. The SMILES string of the molecule is CCn1cc(-c2cnc3ccc(N(CCO)c4cc(OC)cc(OC)c4)cc3n2)cn1. The van der Waals surface area contributed by atoms with Crippen molar-refractivity contribution in [1.82, 2.24) is 19.7 Å². The molecule has 4 aromatic rings. The van der Waals surface area contributed by atoms with Crippen LogP contribution in [-0.2, 0) is 6.54 Å². The van der Waals surface area contributed by atoms with Gasteiger partial charge in [-0.3, -0.25) is 9.67 Å². The lowest BCUT2D eigenvalue weighted by Gasteiger charge is -2.25. The van der Waals surface area contributed by atoms with E-state index in [1.54, 1.807) is 26.6 Å². The van der Waals surface area contributed by atoms with E-state index in [0.717, 1.165) is 40.2 Å². The monoisotopic (exact) mass is 419 g/mol. The van der Waals surface area contributed by atoms with E-state index in [0.29, 0.717) is 18.0 Å². The standard InChI is InChI=1S/C23H25N5O3/c1-4-27-15-16(13-25-27)23-14-24-21-6-5-17(11-22(21)26-23)28(7-8-29)18-9-19(30-2)12-20(10-18)31-3/h5-6,9-15,29H,4,7-8H2,1-3H3. The molecule has 0 aliphatic carbocycles. The van der Waals surface area contributed by atoms with Crippen molar-refractivity contribution in [3.63, 3.8) is 0 Å².